The first-order chi connectivity index (χ1) is 9.47. The zero-order valence-electron chi connectivity index (χ0n) is 10.9. The number of anilines is 1. The van der Waals surface area contributed by atoms with Crippen LogP contribution in [0.25, 0.3) is 16.0 Å². The zero-order valence-corrected chi connectivity index (χ0v) is 11.7. The SMILES string of the molecule is Cc1ccc(-n2c(=O)[nH]c(=O)c3sc(N)nc32)cc1C. The minimum Gasteiger partial charge on any atom is -0.375 e. The Hall–Kier alpha value is -2.41. The molecule has 0 aliphatic rings. The Morgan fingerprint density at radius 3 is 2.70 bits per heavy atom. The Kier molecular flexibility index (Phi) is 2.72. The molecular formula is C13H12N4O2S. The van der Waals surface area contributed by atoms with Gasteiger partial charge in [-0.1, -0.05) is 17.4 Å². The maximum atomic E-state index is 12.1. The van der Waals surface area contributed by atoms with Crippen LogP contribution >= 0.6 is 11.3 Å². The second kappa shape index (κ2) is 4.31. The van der Waals surface area contributed by atoms with Crippen LogP contribution in [-0.2, 0) is 0 Å². The summed E-state index contributed by atoms with van der Waals surface area (Å²) in [6.07, 6.45) is 0. The fourth-order valence-electron chi connectivity index (χ4n) is 2.04. The van der Waals surface area contributed by atoms with E-state index in [2.05, 4.69) is 9.97 Å². The molecule has 0 saturated heterocycles. The molecule has 3 aromatic rings. The minimum atomic E-state index is -0.518. The summed E-state index contributed by atoms with van der Waals surface area (Å²) in [4.78, 5) is 30.3. The molecule has 20 heavy (non-hydrogen) atoms. The number of aryl methyl sites for hydroxylation is 2. The molecule has 0 fully saturated rings. The maximum Gasteiger partial charge on any atom is 0.334 e. The summed E-state index contributed by atoms with van der Waals surface area (Å²) >= 11 is 1.07. The molecule has 3 N–H and O–H groups in total. The van der Waals surface area contributed by atoms with E-state index in [-0.39, 0.29) is 5.13 Å². The lowest BCUT2D eigenvalue weighted by atomic mass is 10.1. The van der Waals surface area contributed by atoms with E-state index in [1.165, 1.54) is 4.57 Å². The van der Waals surface area contributed by atoms with Crippen LogP contribution in [0.5, 0.6) is 0 Å². The van der Waals surface area contributed by atoms with Gasteiger partial charge in [0, 0.05) is 0 Å². The number of fused-ring (bicyclic) bond motifs is 1. The van der Waals surface area contributed by atoms with Gasteiger partial charge in [0.05, 0.1) is 5.69 Å². The van der Waals surface area contributed by atoms with Gasteiger partial charge in [-0.2, -0.15) is 0 Å². The number of aromatic amines is 1. The molecule has 0 atom stereocenters. The van der Waals surface area contributed by atoms with Gasteiger partial charge in [-0.3, -0.25) is 9.78 Å². The Bertz CT molecular complexity index is 936. The average molecular weight is 288 g/mol. The largest absolute Gasteiger partial charge is 0.375 e. The van der Waals surface area contributed by atoms with Gasteiger partial charge in [0.2, 0.25) is 0 Å². The summed E-state index contributed by atoms with van der Waals surface area (Å²) in [5.74, 6) is 0. The van der Waals surface area contributed by atoms with E-state index in [0.717, 1.165) is 22.5 Å². The molecule has 0 aliphatic heterocycles. The molecule has 1 aromatic carbocycles. The third-order valence-electron chi connectivity index (χ3n) is 3.22. The van der Waals surface area contributed by atoms with E-state index >= 15 is 0 Å². The van der Waals surface area contributed by atoms with Crippen molar-refractivity contribution in [1.29, 1.82) is 0 Å². The highest BCUT2D eigenvalue weighted by molar-refractivity contribution is 7.21. The number of rotatable bonds is 1. The number of benzene rings is 1. The Morgan fingerprint density at radius 2 is 2.00 bits per heavy atom. The van der Waals surface area contributed by atoms with Gasteiger partial charge >= 0.3 is 5.69 Å². The number of hydrogen-bond donors (Lipinski definition) is 2. The predicted octanol–water partition coefficient (Wildman–Crippen LogP) is 1.33. The van der Waals surface area contributed by atoms with Gasteiger partial charge in [-0.25, -0.2) is 14.3 Å². The van der Waals surface area contributed by atoms with E-state index in [9.17, 15) is 9.59 Å². The van der Waals surface area contributed by atoms with E-state index in [1.807, 2.05) is 32.0 Å². The number of hydrogen-bond acceptors (Lipinski definition) is 5. The maximum absolute atomic E-state index is 12.1. The first-order valence-electron chi connectivity index (χ1n) is 5.96. The third kappa shape index (κ3) is 1.83. The van der Waals surface area contributed by atoms with Gasteiger partial charge < -0.3 is 5.73 Å². The molecule has 102 valence electrons. The van der Waals surface area contributed by atoms with Gasteiger partial charge in [0.15, 0.2) is 10.8 Å². The number of nitrogen functional groups attached to an aromatic ring is 1. The van der Waals surface area contributed by atoms with Crippen molar-refractivity contribution in [3.05, 3.63) is 50.2 Å². The molecule has 3 rings (SSSR count). The molecule has 0 amide bonds. The lowest BCUT2D eigenvalue weighted by Crippen LogP contribution is -2.28. The van der Waals surface area contributed by atoms with Crippen molar-refractivity contribution < 1.29 is 0 Å². The number of nitrogens with two attached hydrogens (primary N) is 1. The Balaban J connectivity index is 2.44. The van der Waals surface area contributed by atoms with Crippen molar-refractivity contribution in [2.75, 3.05) is 5.73 Å². The third-order valence-corrected chi connectivity index (χ3v) is 4.09. The van der Waals surface area contributed by atoms with Crippen molar-refractivity contribution in [3.63, 3.8) is 0 Å². The highest BCUT2D eigenvalue weighted by atomic mass is 32.1. The molecule has 2 aromatic heterocycles. The zero-order chi connectivity index (χ0) is 14.4. The molecule has 6 nitrogen and oxygen atoms in total. The summed E-state index contributed by atoms with van der Waals surface area (Å²) in [6, 6.07) is 5.62. The van der Waals surface area contributed by atoms with Crippen LogP contribution in [0.3, 0.4) is 0 Å². The van der Waals surface area contributed by atoms with Crippen LogP contribution in [0, 0.1) is 13.8 Å². The average Bonchev–Trinajstić information content (AvgIpc) is 2.75. The first-order valence-corrected chi connectivity index (χ1v) is 6.78. The molecule has 0 unspecified atom stereocenters. The van der Waals surface area contributed by atoms with Crippen LogP contribution in [0.15, 0.2) is 27.8 Å². The first kappa shape index (κ1) is 12.6. The summed E-state index contributed by atoms with van der Waals surface area (Å²) in [7, 11) is 0. The van der Waals surface area contributed by atoms with Crippen molar-refractivity contribution in [1.82, 2.24) is 14.5 Å². The fourth-order valence-corrected chi connectivity index (χ4v) is 2.75. The van der Waals surface area contributed by atoms with Gasteiger partial charge in [-0.05, 0) is 37.1 Å². The summed E-state index contributed by atoms with van der Waals surface area (Å²) in [5.41, 5.74) is 7.80. The van der Waals surface area contributed by atoms with E-state index < -0.39 is 11.2 Å². The lowest BCUT2D eigenvalue weighted by Gasteiger charge is -2.08. The molecule has 2 heterocycles. The van der Waals surface area contributed by atoms with Crippen molar-refractivity contribution >= 4 is 26.8 Å². The van der Waals surface area contributed by atoms with Crippen LogP contribution in [0.2, 0.25) is 0 Å². The highest BCUT2D eigenvalue weighted by Crippen LogP contribution is 2.21. The molecule has 0 radical (unpaired) electrons. The molecular weight excluding hydrogens is 276 g/mol. The number of aromatic nitrogens is 3. The van der Waals surface area contributed by atoms with Crippen molar-refractivity contribution in [2.24, 2.45) is 0 Å². The topological polar surface area (TPSA) is 93.8 Å². The molecule has 7 heteroatoms. The summed E-state index contributed by atoms with van der Waals surface area (Å²) < 4.78 is 1.72. The van der Waals surface area contributed by atoms with E-state index in [1.54, 1.807) is 0 Å². The number of thiazole rings is 1. The Labute approximate surface area is 117 Å². The van der Waals surface area contributed by atoms with Gasteiger partial charge in [0.1, 0.15) is 4.70 Å². The molecule has 0 bridgehead atoms. The van der Waals surface area contributed by atoms with Crippen molar-refractivity contribution in [2.45, 2.75) is 13.8 Å². The smallest absolute Gasteiger partial charge is 0.334 e. The molecule has 0 aliphatic carbocycles. The van der Waals surface area contributed by atoms with Crippen LogP contribution in [0.1, 0.15) is 11.1 Å². The standard InChI is InChI=1S/C13H12N4O2S/c1-6-3-4-8(5-7(6)2)17-10-9(20-12(14)15-10)11(18)16-13(17)19/h3-5H,1-2H3,(H2,14,15)(H,16,18,19). The Morgan fingerprint density at radius 1 is 1.25 bits per heavy atom. The van der Waals surface area contributed by atoms with E-state index in [0.29, 0.717) is 16.0 Å². The number of nitrogens with zero attached hydrogens (tertiary/aromatic N) is 2. The van der Waals surface area contributed by atoms with Gasteiger partial charge in [-0.15, -0.1) is 0 Å². The highest BCUT2D eigenvalue weighted by Gasteiger charge is 2.14. The van der Waals surface area contributed by atoms with Crippen LogP contribution in [0.4, 0.5) is 5.13 Å². The quantitative estimate of drug-likeness (QED) is 0.706. The van der Waals surface area contributed by atoms with Gasteiger partial charge in [0.25, 0.3) is 5.56 Å². The van der Waals surface area contributed by atoms with E-state index in [4.69, 9.17) is 5.73 Å². The van der Waals surface area contributed by atoms with Crippen LogP contribution in [-0.4, -0.2) is 14.5 Å². The second-order valence-corrected chi connectivity index (χ2v) is 5.60. The molecule has 0 spiro atoms. The normalized spacial score (nSPS) is 11.1. The fraction of sp³-hybridized carbons (Fsp3) is 0.154. The second-order valence-electron chi connectivity index (χ2n) is 4.57. The summed E-state index contributed by atoms with van der Waals surface area (Å²) in [5, 5.41) is 0.258. The predicted molar refractivity (Wildman–Crippen MR) is 79.7 cm³/mol. The number of H-pyrrole nitrogens is 1. The number of nitrogens with one attached hydrogen (secondary N) is 1. The monoisotopic (exact) mass is 288 g/mol. The summed E-state index contributed by atoms with van der Waals surface area (Å²) in [6.45, 7) is 3.95. The minimum absolute atomic E-state index is 0.258. The van der Waals surface area contributed by atoms with Crippen LogP contribution < -0.4 is 17.0 Å². The molecule has 0 saturated carbocycles. The lowest BCUT2D eigenvalue weighted by molar-refractivity contribution is 0.930. The van der Waals surface area contributed by atoms with Crippen molar-refractivity contribution in [3.8, 4) is 5.69 Å².